The van der Waals surface area contributed by atoms with Gasteiger partial charge in [-0.2, -0.15) is 0 Å². The van der Waals surface area contributed by atoms with Gasteiger partial charge < -0.3 is 10.0 Å². The molecule has 0 spiro atoms. The van der Waals surface area contributed by atoms with Crippen LogP contribution in [0.15, 0.2) is 30.3 Å². The predicted octanol–water partition coefficient (Wildman–Crippen LogP) is 3.33. The summed E-state index contributed by atoms with van der Waals surface area (Å²) in [5, 5.41) is 8.75. The zero-order valence-corrected chi connectivity index (χ0v) is 13.1. The lowest BCUT2D eigenvalue weighted by molar-refractivity contribution is -0.137. The Morgan fingerprint density at radius 2 is 2.22 bits per heavy atom. The first kappa shape index (κ1) is 17.2. The van der Waals surface area contributed by atoms with Crippen LogP contribution in [0.1, 0.15) is 37.7 Å². The van der Waals surface area contributed by atoms with E-state index in [1.54, 1.807) is 24.3 Å². The molecule has 124 valence electrons. The van der Waals surface area contributed by atoms with Crippen molar-refractivity contribution in [3.63, 3.8) is 0 Å². The Labute approximate surface area is 135 Å². The minimum Gasteiger partial charge on any atom is -0.481 e. The molecule has 2 rings (SSSR count). The molecule has 1 amide bonds. The molecule has 0 bridgehead atoms. The molecule has 0 aromatic heterocycles. The van der Waals surface area contributed by atoms with E-state index < -0.39 is 5.97 Å². The van der Waals surface area contributed by atoms with Crippen LogP contribution in [0.4, 0.5) is 4.39 Å². The molecule has 1 atom stereocenters. The number of aliphatic carboxylic acids is 1. The zero-order valence-electron chi connectivity index (χ0n) is 13.1. The number of benzene rings is 1. The van der Waals surface area contributed by atoms with Crippen molar-refractivity contribution in [2.45, 2.75) is 32.1 Å². The maximum absolute atomic E-state index is 13.1. The van der Waals surface area contributed by atoms with Gasteiger partial charge in [0.15, 0.2) is 0 Å². The van der Waals surface area contributed by atoms with E-state index >= 15 is 0 Å². The van der Waals surface area contributed by atoms with Crippen LogP contribution in [0.2, 0.25) is 0 Å². The van der Waals surface area contributed by atoms with Gasteiger partial charge in [0.25, 0.3) is 0 Å². The van der Waals surface area contributed by atoms with E-state index in [9.17, 15) is 14.0 Å². The van der Waals surface area contributed by atoms with Gasteiger partial charge in [0.2, 0.25) is 5.91 Å². The highest BCUT2D eigenvalue weighted by Gasteiger charge is 2.23. The number of carboxylic acids is 1. The zero-order chi connectivity index (χ0) is 16.7. The molecular formula is C18H22FNO3. The fraction of sp³-hybridized carbons (Fsp3) is 0.444. The summed E-state index contributed by atoms with van der Waals surface area (Å²) >= 11 is 0. The van der Waals surface area contributed by atoms with Gasteiger partial charge >= 0.3 is 5.97 Å². The summed E-state index contributed by atoms with van der Waals surface area (Å²) in [6.45, 7) is 1.37. The second-order valence-electron chi connectivity index (χ2n) is 5.94. The lowest BCUT2D eigenvalue weighted by Gasteiger charge is -2.32. The van der Waals surface area contributed by atoms with E-state index in [1.165, 1.54) is 12.1 Å². The van der Waals surface area contributed by atoms with Crippen LogP contribution in [-0.2, 0) is 9.59 Å². The molecule has 0 saturated carbocycles. The largest absolute Gasteiger partial charge is 0.481 e. The first-order chi connectivity index (χ1) is 11.0. The smallest absolute Gasteiger partial charge is 0.303 e. The number of halogens is 1. The van der Waals surface area contributed by atoms with Crippen LogP contribution in [-0.4, -0.2) is 35.0 Å². The van der Waals surface area contributed by atoms with Crippen LogP contribution in [0.25, 0.3) is 6.08 Å². The number of carbonyl (C=O) groups is 2. The molecule has 1 heterocycles. The van der Waals surface area contributed by atoms with Crippen molar-refractivity contribution in [3.05, 3.63) is 41.7 Å². The van der Waals surface area contributed by atoms with E-state index in [4.69, 9.17) is 5.11 Å². The van der Waals surface area contributed by atoms with Gasteiger partial charge in [-0.3, -0.25) is 9.59 Å². The van der Waals surface area contributed by atoms with E-state index in [1.807, 2.05) is 4.90 Å². The second-order valence-corrected chi connectivity index (χ2v) is 5.94. The number of carboxylic acid groups (broad SMARTS) is 1. The van der Waals surface area contributed by atoms with Crippen molar-refractivity contribution in [1.29, 1.82) is 0 Å². The first-order valence-electron chi connectivity index (χ1n) is 7.96. The monoisotopic (exact) mass is 319 g/mol. The summed E-state index contributed by atoms with van der Waals surface area (Å²) in [5.74, 6) is -0.768. The van der Waals surface area contributed by atoms with E-state index in [2.05, 4.69) is 0 Å². The third-order valence-corrected chi connectivity index (χ3v) is 4.09. The Hall–Kier alpha value is -2.17. The molecule has 1 saturated heterocycles. The van der Waals surface area contributed by atoms with E-state index in [0.717, 1.165) is 24.9 Å². The van der Waals surface area contributed by atoms with Gasteiger partial charge in [0.05, 0.1) is 0 Å². The van der Waals surface area contributed by atoms with Crippen molar-refractivity contribution in [2.24, 2.45) is 5.92 Å². The number of hydrogen-bond acceptors (Lipinski definition) is 2. The average Bonchev–Trinajstić information content (AvgIpc) is 2.53. The van der Waals surface area contributed by atoms with E-state index in [0.29, 0.717) is 13.0 Å². The number of carbonyl (C=O) groups excluding carboxylic acids is 1. The van der Waals surface area contributed by atoms with Crippen LogP contribution in [0.3, 0.4) is 0 Å². The number of piperidine rings is 1. The van der Waals surface area contributed by atoms with Crippen LogP contribution in [0.5, 0.6) is 0 Å². The molecule has 0 aliphatic carbocycles. The van der Waals surface area contributed by atoms with Gasteiger partial charge in [-0.1, -0.05) is 24.3 Å². The number of likely N-dealkylation sites (tertiary alicyclic amines) is 1. The Morgan fingerprint density at radius 1 is 1.39 bits per heavy atom. The molecule has 0 radical (unpaired) electrons. The van der Waals surface area contributed by atoms with Gasteiger partial charge in [-0.25, -0.2) is 4.39 Å². The van der Waals surface area contributed by atoms with Gasteiger partial charge in [-0.05, 0) is 42.9 Å². The maximum Gasteiger partial charge on any atom is 0.303 e. The van der Waals surface area contributed by atoms with Crippen molar-refractivity contribution < 1.29 is 19.1 Å². The highest BCUT2D eigenvalue weighted by molar-refractivity contribution is 5.78. The van der Waals surface area contributed by atoms with Crippen molar-refractivity contribution >= 4 is 18.0 Å². The third-order valence-electron chi connectivity index (χ3n) is 4.09. The maximum atomic E-state index is 13.1. The van der Waals surface area contributed by atoms with Crippen LogP contribution < -0.4 is 0 Å². The topological polar surface area (TPSA) is 57.6 Å². The minimum absolute atomic E-state index is 0.0395. The highest BCUT2D eigenvalue weighted by atomic mass is 19.1. The molecule has 1 aliphatic heterocycles. The SMILES string of the molecule is O=C(O)CCC1CCCN(C(=O)C/C=C/c2cccc(F)c2)C1. The Balaban J connectivity index is 1.81. The minimum atomic E-state index is -0.786. The fourth-order valence-corrected chi connectivity index (χ4v) is 2.89. The lowest BCUT2D eigenvalue weighted by Crippen LogP contribution is -2.39. The summed E-state index contributed by atoms with van der Waals surface area (Å²) < 4.78 is 13.1. The second kappa shape index (κ2) is 8.46. The summed E-state index contributed by atoms with van der Waals surface area (Å²) in [4.78, 5) is 24.7. The Bertz CT molecular complexity index is 585. The highest BCUT2D eigenvalue weighted by Crippen LogP contribution is 2.21. The summed E-state index contributed by atoms with van der Waals surface area (Å²) in [6.07, 6.45) is 6.46. The quantitative estimate of drug-likeness (QED) is 0.875. The van der Waals surface area contributed by atoms with Gasteiger partial charge in [-0.15, -0.1) is 0 Å². The molecule has 1 fully saturated rings. The summed E-state index contributed by atoms with van der Waals surface area (Å²) in [5.41, 5.74) is 0.732. The number of hydrogen-bond donors (Lipinski definition) is 1. The molecule has 5 heteroatoms. The lowest BCUT2D eigenvalue weighted by atomic mass is 9.93. The Kier molecular flexibility index (Phi) is 6.32. The average molecular weight is 319 g/mol. The predicted molar refractivity (Wildman–Crippen MR) is 86.2 cm³/mol. The molecule has 1 aromatic carbocycles. The summed E-state index contributed by atoms with van der Waals surface area (Å²) in [7, 11) is 0. The molecule has 1 aliphatic rings. The van der Waals surface area contributed by atoms with Crippen molar-refractivity contribution in [3.8, 4) is 0 Å². The molecular weight excluding hydrogens is 297 g/mol. The van der Waals surface area contributed by atoms with Gasteiger partial charge in [0.1, 0.15) is 5.82 Å². The van der Waals surface area contributed by atoms with Crippen LogP contribution >= 0.6 is 0 Å². The third kappa shape index (κ3) is 5.85. The van der Waals surface area contributed by atoms with Crippen molar-refractivity contribution in [2.75, 3.05) is 13.1 Å². The van der Waals surface area contributed by atoms with E-state index in [-0.39, 0.29) is 30.5 Å². The molecule has 4 nitrogen and oxygen atoms in total. The van der Waals surface area contributed by atoms with Crippen LogP contribution in [0, 0.1) is 11.7 Å². The molecule has 23 heavy (non-hydrogen) atoms. The molecule has 1 unspecified atom stereocenters. The summed E-state index contributed by atoms with van der Waals surface area (Å²) in [6, 6.07) is 6.22. The fourth-order valence-electron chi connectivity index (χ4n) is 2.89. The van der Waals surface area contributed by atoms with Crippen molar-refractivity contribution in [1.82, 2.24) is 4.90 Å². The number of amides is 1. The standard InChI is InChI=1S/C18H22FNO3/c19-16-7-1-4-14(12-16)5-2-8-17(21)20-11-3-6-15(13-20)9-10-18(22)23/h1-2,4-5,7,12,15H,3,6,8-11,13H2,(H,22,23)/b5-2+. The first-order valence-corrected chi connectivity index (χ1v) is 7.96. The van der Waals surface area contributed by atoms with Gasteiger partial charge in [0, 0.05) is 25.9 Å². The number of rotatable bonds is 6. The normalized spacial score (nSPS) is 18.3. The Morgan fingerprint density at radius 3 is 2.96 bits per heavy atom. The number of nitrogens with zero attached hydrogens (tertiary/aromatic N) is 1. The molecule has 1 N–H and O–H groups in total. The molecule has 1 aromatic rings.